The number of rotatable bonds is 2. The molecular formula is C14H15BrO4. The second-order valence-electron chi connectivity index (χ2n) is 4.81. The average Bonchev–Trinajstić information content (AvgIpc) is 2.83. The van der Waals surface area contributed by atoms with Gasteiger partial charge in [-0.1, -0.05) is 0 Å². The van der Waals surface area contributed by atoms with Crippen LogP contribution in [0.15, 0.2) is 16.6 Å². The largest absolute Gasteiger partial charge is 0.486 e. The van der Waals surface area contributed by atoms with Crippen molar-refractivity contribution in [2.75, 3.05) is 19.8 Å². The molecule has 1 aromatic rings. The molecule has 0 amide bonds. The highest BCUT2D eigenvalue weighted by atomic mass is 79.9. The minimum atomic E-state index is -0.0705. The molecule has 2 atom stereocenters. The first kappa shape index (κ1) is 12.9. The van der Waals surface area contributed by atoms with Gasteiger partial charge in [0.05, 0.1) is 12.0 Å². The van der Waals surface area contributed by atoms with Crippen LogP contribution in [0.5, 0.6) is 11.5 Å². The predicted molar refractivity (Wildman–Crippen MR) is 73.0 cm³/mol. The summed E-state index contributed by atoms with van der Waals surface area (Å²) in [6.07, 6.45) is 0.758. The molecule has 3 rings (SSSR count). The SMILES string of the molecule is CC1OCCC1C(=O)c1cc2c(cc1Br)OCCO2. The first-order chi connectivity index (χ1) is 9.16. The van der Waals surface area contributed by atoms with Gasteiger partial charge in [-0.15, -0.1) is 0 Å². The van der Waals surface area contributed by atoms with Gasteiger partial charge in [-0.3, -0.25) is 4.79 Å². The molecule has 0 aromatic heterocycles. The second-order valence-corrected chi connectivity index (χ2v) is 5.67. The molecule has 2 aliphatic rings. The van der Waals surface area contributed by atoms with Gasteiger partial charge >= 0.3 is 0 Å². The van der Waals surface area contributed by atoms with Crippen molar-refractivity contribution >= 4 is 21.7 Å². The molecule has 102 valence electrons. The molecule has 0 saturated carbocycles. The monoisotopic (exact) mass is 326 g/mol. The molecule has 0 spiro atoms. The first-order valence-corrected chi connectivity index (χ1v) is 7.21. The zero-order chi connectivity index (χ0) is 13.4. The third-order valence-corrected chi connectivity index (χ3v) is 4.27. The Balaban J connectivity index is 1.93. The van der Waals surface area contributed by atoms with E-state index in [1.165, 1.54) is 0 Å². The molecule has 2 heterocycles. The molecule has 4 nitrogen and oxygen atoms in total. The maximum Gasteiger partial charge on any atom is 0.169 e. The van der Waals surface area contributed by atoms with Gasteiger partial charge in [-0.05, 0) is 41.4 Å². The summed E-state index contributed by atoms with van der Waals surface area (Å²) in [4.78, 5) is 12.6. The van der Waals surface area contributed by atoms with Crippen LogP contribution in [0.2, 0.25) is 0 Å². The van der Waals surface area contributed by atoms with Crippen LogP contribution in [0.3, 0.4) is 0 Å². The molecule has 1 aromatic carbocycles. The number of Topliss-reactive ketones (excluding diaryl/α,β-unsaturated/α-hetero) is 1. The van der Waals surface area contributed by atoms with Crippen molar-refractivity contribution in [2.24, 2.45) is 5.92 Å². The van der Waals surface area contributed by atoms with E-state index in [0.29, 0.717) is 36.9 Å². The molecule has 2 aliphatic heterocycles. The van der Waals surface area contributed by atoms with E-state index in [1.54, 1.807) is 6.07 Å². The highest BCUT2D eigenvalue weighted by Crippen LogP contribution is 2.37. The van der Waals surface area contributed by atoms with Gasteiger partial charge in [0, 0.05) is 16.6 Å². The molecule has 2 unspecified atom stereocenters. The summed E-state index contributed by atoms with van der Waals surface area (Å²) in [5.41, 5.74) is 0.645. The van der Waals surface area contributed by atoms with Crippen molar-refractivity contribution in [3.05, 3.63) is 22.2 Å². The van der Waals surface area contributed by atoms with E-state index in [4.69, 9.17) is 14.2 Å². The number of halogens is 1. The fourth-order valence-electron chi connectivity index (χ4n) is 2.53. The number of ether oxygens (including phenoxy) is 3. The number of hydrogen-bond acceptors (Lipinski definition) is 4. The Kier molecular flexibility index (Phi) is 3.50. The summed E-state index contributed by atoms with van der Waals surface area (Å²) in [6, 6.07) is 3.58. The molecule has 1 fully saturated rings. The number of carbonyl (C=O) groups is 1. The van der Waals surface area contributed by atoms with E-state index in [0.717, 1.165) is 10.9 Å². The zero-order valence-corrected chi connectivity index (χ0v) is 12.2. The maximum atomic E-state index is 12.6. The molecule has 1 saturated heterocycles. The lowest BCUT2D eigenvalue weighted by molar-refractivity contribution is 0.0762. The van der Waals surface area contributed by atoms with Crippen LogP contribution in [-0.2, 0) is 4.74 Å². The van der Waals surface area contributed by atoms with E-state index in [2.05, 4.69) is 15.9 Å². The molecule has 0 aliphatic carbocycles. The van der Waals surface area contributed by atoms with Gasteiger partial charge in [0.15, 0.2) is 17.3 Å². The average molecular weight is 327 g/mol. The number of fused-ring (bicyclic) bond motifs is 1. The molecule has 19 heavy (non-hydrogen) atoms. The van der Waals surface area contributed by atoms with Crippen LogP contribution in [0.4, 0.5) is 0 Å². The molecule has 5 heteroatoms. The highest BCUT2D eigenvalue weighted by Gasteiger charge is 2.33. The fourth-order valence-corrected chi connectivity index (χ4v) is 3.05. The summed E-state index contributed by atoms with van der Waals surface area (Å²) in [5.74, 6) is 1.36. The number of benzene rings is 1. The van der Waals surface area contributed by atoms with E-state index >= 15 is 0 Å². The number of carbonyl (C=O) groups excluding carboxylic acids is 1. The third kappa shape index (κ3) is 2.37. The van der Waals surface area contributed by atoms with Crippen molar-refractivity contribution in [1.82, 2.24) is 0 Å². The summed E-state index contributed by atoms with van der Waals surface area (Å²) in [6.45, 7) is 3.66. The van der Waals surface area contributed by atoms with Crippen LogP contribution in [0, 0.1) is 5.92 Å². The standard InChI is InChI=1S/C14H15BrO4/c1-8-9(2-3-17-8)14(16)10-6-12-13(7-11(10)15)19-5-4-18-12/h6-9H,2-5H2,1H3. The molecule has 0 radical (unpaired) electrons. The van der Waals surface area contributed by atoms with Gasteiger partial charge < -0.3 is 14.2 Å². The first-order valence-electron chi connectivity index (χ1n) is 6.42. The van der Waals surface area contributed by atoms with E-state index < -0.39 is 0 Å². The summed E-state index contributed by atoms with van der Waals surface area (Å²) in [5, 5.41) is 0. The Morgan fingerprint density at radius 2 is 1.89 bits per heavy atom. The Bertz CT molecular complexity index is 514. The minimum absolute atomic E-state index is 0.0207. The smallest absolute Gasteiger partial charge is 0.169 e. The van der Waals surface area contributed by atoms with E-state index in [1.807, 2.05) is 13.0 Å². The van der Waals surface area contributed by atoms with Gasteiger partial charge in [-0.2, -0.15) is 0 Å². The zero-order valence-electron chi connectivity index (χ0n) is 10.6. The summed E-state index contributed by atoms with van der Waals surface area (Å²) in [7, 11) is 0. The highest BCUT2D eigenvalue weighted by molar-refractivity contribution is 9.10. The van der Waals surface area contributed by atoms with Gasteiger partial charge in [0.25, 0.3) is 0 Å². The molecule has 0 N–H and O–H groups in total. The topological polar surface area (TPSA) is 44.8 Å². The van der Waals surface area contributed by atoms with Gasteiger partial charge in [0.1, 0.15) is 13.2 Å². The van der Waals surface area contributed by atoms with Crippen LogP contribution in [0.1, 0.15) is 23.7 Å². The Hall–Kier alpha value is -1.07. The van der Waals surface area contributed by atoms with E-state index in [9.17, 15) is 4.79 Å². The predicted octanol–water partition coefficient (Wildman–Crippen LogP) is 2.83. The van der Waals surface area contributed by atoms with Crippen molar-refractivity contribution in [3.8, 4) is 11.5 Å². The second kappa shape index (κ2) is 5.13. The Labute approximate surface area is 120 Å². The summed E-state index contributed by atoms with van der Waals surface area (Å²) >= 11 is 3.45. The lowest BCUT2D eigenvalue weighted by Gasteiger charge is -2.21. The van der Waals surface area contributed by atoms with Crippen molar-refractivity contribution < 1.29 is 19.0 Å². The van der Waals surface area contributed by atoms with Crippen molar-refractivity contribution in [1.29, 1.82) is 0 Å². The maximum absolute atomic E-state index is 12.6. The van der Waals surface area contributed by atoms with Gasteiger partial charge in [0.2, 0.25) is 0 Å². The fraction of sp³-hybridized carbons (Fsp3) is 0.500. The normalized spacial score (nSPS) is 25.4. The van der Waals surface area contributed by atoms with Crippen LogP contribution in [-0.4, -0.2) is 31.7 Å². The molecular weight excluding hydrogens is 312 g/mol. The van der Waals surface area contributed by atoms with Crippen LogP contribution in [0.25, 0.3) is 0 Å². The van der Waals surface area contributed by atoms with Crippen molar-refractivity contribution in [3.63, 3.8) is 0 Å². The lowest BCUT2D eigenvalue weighted by atomic mass is 9.92. The molecule has 0 bridgehead atoms. The third-order valence-electron chi connectivity index (χ3n) is 3.61. The lowest BCUT2D eigenvalue weighted by Crippen LogP contribution is -2.23. The number of ketones is 1. The Morgan fingerprint density at radius 3 is 2.53 bits per heavy atom. The van der Waals surface area contributed by atoms with Crippen LogP contribution < -0.4 is 9.47 Å². The van der Waals surface area contributed by atoms with Gasteiger partial charge in [-0.25, -0.2) is 0 Å². The minimum Gasteiger partial charge on any atom is -0.486 e. The van der Waals surface area contributed by atoms with Crippen LogP contribution >= 0.6 is 15.9 Å². The Morgan fingerprint density at radius 1 is 1.21 bits per heavy atom. The summed E-state index contributed by atoms with van der Waals surface area (Å²) < 4.78 is 17.2. The number of hydrogen-bond donors (Lipinski definition) is 0. The quantitative estimate of drug-likeness (QED) is 0.784. The van der Waals surface area contributed by atoms with Crippen molar-refractivity contribution in [2.45, 2.75) is 19.4 Å². The van der Waals surface area contributed by atoms with E-state index in [-0.39, 0.29) is 17.8 Å².